The van der Waals surface area contributed by atoms with Gasteiger partial charge in [0.25, 0.3) is 5.91 Å². The van der Waals surface area contributed by atoms with Gasteiger partial charge in [-0.1, -0.05) is 30.1 Å². The van der Waals surface area contributed by atoms with E-state index in [1.165, 1.54) is 4.68 Å². The van der Waals surface area contributed by atoms with E-state index in [4.69, 9.17) is 42.5 Å². The van der Waals surface area contributed by atoms with Crippen LogP contribution in [0, 0.1) is 13.8 Å². The molecular formula is C34H39Cl2N5O5. The average molecular weight is 669 g/mol. The lowest BCUT2D eigenvalue weighted by atomic mass is 9.94. The lowest BCUT2D eigenvalue weighted by Gasteiger charge is -2.34. The van der Waals surface area contributed by atoms with E-state index in [9.17, 15) is 9.59 Å². The van der Waals surface area contributed by atoms with Gasteiger partial charge in [0.05, 0.1) is 29.9 Å². The molecule has 1 aliphatic heterocycles. The highest BCUT2D eigenvalue weighted by atomic mass is 35.5. The van der Waals surface area contributed by atoms with E-state index in [0.29, 0.717) is 66.6 Å². The molecule has 0 N–H and O–H groups in total. The van der Waals surface area contributed by atoms with Crippen LogP contribution in [-0.4, -0.2) is 61.8 Å². The van der Waals surface area contributed by atoms with Crippen molar-refractivity contribution >= 4 is 35.2 Å². The molecule has 5 rings (SSSR count). The molecule has 0 saturated carbocycles. The van der Waals surface area contributed by atoms with Gasteiger partial charge in [-0.05, 0) is 79.2 Å². The molecular weight excluding hydrogens is 629 g/mol. The Bertz CT molecular complexity index is 1850. The number of benzene rings is 2. The van der Waals surface area contributed by atoms with Gasteiger partial charge in [-0.15, -0.1) is 0 Å². The lowest BCUT2D eigenvalue weighted by Crippen LogP contribution is -2.45. The Morgan fingerprint density at radius 2 is 1.65 bits per heavy atom. The normalized spacial score (nSPS) is 12.7. The van der Waals surface area contributed by atoms with Gasteiger partial charge in [-0.2, -0.15) is 14.9 Å². The summed E-state index contributed by atoms with van der Waals surface area (Å²) in [5.41, 5.74) is 4.26. The third-order valence-corrected chi connectivity index (χ3v) is 8.85. The fourth-order valence-electron chi connectivity index (χ4n) is 5.45. The second-order valence-electron chi connectivity index (χ2n) is 13.0. The quantitative estimate of drug-likeness (QED) is 0.204. The predicted molar refractivity (Wildman–Crippen MR) is 179 cm³/mol. The summed E-state index contributed by atoms with van der Waals surface area (Å²) in [5.74, 6) is 0.828. The number of ether oxygens (including phenoxy) is 3. The molecule has 0 spiro atoms. The van der Waals surface area contributed by atoms with Crippen molar-refractivity contribution in [3.8, 4) is 39.6 Å². The molecule has 244 valence electrons. The zero-order valence-corrected chi connectivity index (χ0v) is 29.3. The molecule has 3 heterocycles. The summed E-state index contributed by atoms with van der Waals surface area (Å²) < 4.78 is 20.7. The van der Waals surface area contributed by atoms with E-state index < -0.39 is 17.2 Å². The Labute approximate surface area is 279 Å². The van der Waals surface area contributed by atoms with Gasteiger partial charge in [-0.25, -0.2) is 9.48 Å². The topological polar surface area (TPSA) is 101 Å². The number of methoxy groups -OCH3 is 1. The monoisotopic (exact) mass is 667 g/mol. The summed E-state index contributed by atoms with van der Waals surface area (Å²) in [6.45, 7) is 15.2. The summed E-state index contributed by atoms with van der Waals surface area (Å²) >= 11 is 12.9. The van der Waals surface area contributed by atoms with Crippen LogP contribution in [0.5, 0.6) is 11.5 Å². The van der Waals surface area contributed by atoms with Gasteiger partial charge >= 0.3 is 6.09 Å². The maximum atomic E-state index is 14.0. The number of halogens is 2. The predicted octanol–water partition coefficient (Wildman–Crippen LogP) is 8.27. The summed E-state index contributed by atoms with van der Waals surface area (Å²) in [4.78, 5) is 28.8. The van der Waals surface area contributed by atoms with Crippen LogP contribution in [0.15, 0.2) is 30.3 Å². The number of aromatic nitrogens is 4. The molecule has 0 atom stereocenters. The zero-order valence-electron chi connectivity index (χ0n) is 27.8. The van der Waals surface area contributed by atoms with Crippen LogP contribution < -0.4 is 9.47 Å². The number of hydrogen-bond donors (Lipinski definition) is 0. The number of hydrogen-bond acceptors (Lipinski definition) is 7. The van der Waals surface area contributed by atoms with E-state index in [-0.39, 0.29) is 18.2 Å². The highest BCUT2D eigenvalue weighted by Gasteiger charge is 2.36. The van der Waals surface area contributed by atoms with Crippen molar-refractivity contribution in [1.82, 2.24) is 24.5 Å². The Kier molecular flexibility index (Phi) is 8.68. The average Bonchev–Trinajstić information content (AvgIpc) is 3.51. The third-order valence-electron chi connectivity index (χ3n) is 8.41. The van der Waals surface area contributed by atoms with Crippen LogP contribution in [0.2, 0.25) is 10.0 Å². The molecule has 0 unspecified atom stereocenters. The molecule has 1 amide bonds. The first-order valence-corrected chi connectivity index (χ1v) is 15.7. The van der Waals surface area contributed by atoms with Crippen molar-refractivity contribution in [3.63, 3.8) is 0 Å². The van der Waals surface area contributed by atoms with Gasteiger partial charge in [-0.3, -0.25) is 4.79 Å². The molecule has 0 aliphatic carbocycles. The number of nitrogens with zero attached hydrogens (tertiary/aromatic N) is 5. The van der Waals surface area contributed by atoms with Crippen LogP contribution >= 0.6 is 23.2 Å². The molecule has 12 heteroatoms. The molecule has 10 nitrogen and oxygen atoms in total. The number of fused-ring (bicyclic) bond motifs is 3. The SMILES string of the molecule is CCC(C)(C)N(C)C(=O)c1nn(-c2cc(Cl)cc(Cl)c2)c2c1COc1cc(OC)c(-c3c(C)nn(C(=O)OC(C)(C)C)c3C)cc1-2. The standard InChI is InChI=1S/C34H39Cl2N5O5/c1-11-34(7,8)39(9)31(42)29-25-17-45-27-16-26(44-10)23(28-18(2)37-40(19(28)3)32(43)46-33(4,5)6)15-24(27)30(25)41(38-29)22-13-20(35)12-21(36)14-22/h12-16H,11,17H2,1-10H3. The van der Waals surface area contributed by atoms with E-state index in [2.05, 4.69) is 5.10 Å². The second-order valence-corrected chi connectivity index (χ2v) is 13.9. The van der Waals surface area contributed by atoms with Crippen molar-refractivity contribution in [2.24, 2.45) is 0 Å². The van der Waals surface area contributed by atoms with Gasteiger partial charge in [0.1, 0.15) is 23.7 Å². The van der Waals surface area contributed by atoms with Crippen molar-refractivity contribution in [1.29, 1.82) is 0 Å². The number of rotatable bonds is 6. The Hall–Kier alpha value is -4.02. The maximum absolute atomic E-state index is 14.0. The molecule has 0 fully saturated rings. The zero-order chi connectivity index (χ0) is 33.9. The second kappa shape index (κ2) is 12.0. The molecule has 1 aliphatic rings. The van der Waals surface area contributed by atoms with Crippen molar-refractivity contribution in [2.45, 2.75) is 79.6 Å². The maximum Gasteiger partial charge on any atom is 0.435 e. The molecule has 2 aromatic carbocycles. The molecule has 0 saturated heterocycles. The summed E-state index contributed by atoms with van der Waals surface area (Å²) in [5, 5.41) is 10.2. The van der Waals surface area contributed by atoms with Gasteiger partial charge in [0, 0.05) is 51.0 Å². The third kappa shape index (κ3) is 5.96. The minimum absolute atomic E-state index is 0.106. The van der Waals surface area contributed by atoms with Crippen LogP contribution in [-0.2, 0) is 11.3 Å². The lowest BCUT2D eigenvalue weighted by molar-refractivity contribution is 0.0509. The summed E-state index contributed by atoms with van der Waals surface area (Å²) in [6, 6.07) is 8.84. The number of aryl methyl sites for hydroxylation is 1. The van der Waals surface area contributed by atoms with Crippen molar-refractivity contribution < 1.29 is 23.8 Å². The summed E-state index contributed by atoms with van der Waals surface area (Å²) in [6.07, 6.45) is 0.167. The fraction of sp³-hybridized carbons (Fsp3) is 0.412. The van der Waals surface area contributed by atoms with E-state index in [1.54, 1.807) is 75.7 Å². The van der Waals surface area contributed by atoms with Gasteiger partial charge < -0.3 is 19.1 Å². The van der Waals surface area contributed by atoms with Crippen molar-refractivity contribution in [2.75, 3.05) is 14.2 Å². The van der Waals surface area contributed by atoms with Gasteiger partial charge in [0.2, 0.25) is 0 Å². The minimum atomic E-state index is -0.696. The Morgan fingerprint density at radius 1 is 1.00 bits per heavy atom. The van der Waals surface area contributed by atoms with Crippen LogP contribution in [0.3, 0.4) is 0 Å². The van der Waals surface area contributed by atoms with Crippen LogP contribution in [0.1, 0.15) is 75.4 Å². The number of amides is 1. The van der Waals surface area contributed by atoms with Crippen LogP contribution in [0.4, 0.5) is 4.79 Å². The Balaban J connectivity index is 1.76. The fourth-order valence-corrected chi connectivity index (χ4v) is 5.96. The van der Waals surface area contributed by atoms with E-state index in [1.807, 2.05) is 33.8 Å². The molecule has 0 bridgehead atoms. The molecule has 2 aromatic heterocycles. The number of carbonyl (C=O) groups is 2. The van der Waals surface area contributed by atoms with Crippen LogP contribution in [0.25, 0.3) is 28.1 Å². The first kappa shape index (κ1) is 33.3. The molecule has 46 heavy (non-hydrogen) atoms. The first-order valence-electron chi connectivity index (χ1n) is 15.0. The molecule has 0 radical (unpaired) electrons. The first-order chi connectivity index (χ1) is 21.5. The molecule has 4 aromatic rings. The minimum Gasteiger partial charge on any atom is -0.496 e. The highest BCUT2D eigenvalue weighted by Crippen LogP contribution is 2.47. The Morgan fingerprint density at radius 3 is 2.24 bits per heavy atom. The van der Waals surface area contributed by atoms with Gasteiger partial charge in [0.15, 0.2) is 5.69 Å². The summed E-state index contributed by atoms with van der Waals surface area (Å²) in [7, 11) is 3.35. The largest absolute Gasteiger partial charge is 0.496 e. The highest BCUT2D eigenvalue weighted by molar-refractivity contribution is 6.34. The smallest absolute Gasteiger partial charge is 0.435 e. The van der Waals surface area contributed by atoms with E-state index >= 15 is 0 Å². The van der Waals surface area contributed by atoms with E-state index in [0.717, 1.165) is 6.42 Å². The van der Waals surface area contributed by atoms with Crippen molar-refractivity contribution in [3.05, 3.63) is 63.0 Å². The number of carbonyl (C=O) groups excluding carboxylic acids is 2.